The van der Waals surface area contributed by atoms with E-state index in [-0.39, 0.29) is 6.04 Å². The average molecular weight is 444 g/mol. The summed E-state index contributed by atoms with van der Waals surface area (Å²) < 4.78 is 10.1. The Balaban J connectivity index is 1.63. The van der Waals surface area contributed by atoms with Crippen LogP contribution in [0.15, 0.2) is 54.0 Å². The molecule has 1 aromatic carbocycles. The minimum atomic E-state index is 0.238. The Morgan fingerprint density at radius 2 is 1.94 bits per heavy atom. The first-order valence-electron chi connectivity index (χ1n) is 11.1. The molecule has 4 aromatic heterocycles. The number of pyridine rings is 1. The van der Waals surface area contributed by atoms with Gasteiger partial charge in [-0.05, 0) is 48.8 Å². The molecule has 1 aliphatic heterocycles. The van der Waals surface area contributed by atoms with E-state index < -0.39 is 0 Å². The highest BCUT2D eigenvalue weighted by Gasteiger charge is 2.30. The number of hydrogen-bond donors (Lipinski definition) is 0. The van der Waals surface area contributed by atoms with E-state index in [1.54, 1.807) is 11.3 Å². The number of benzene rings is 1. The predicted molar refractivity (Wildman–Crippen MR) is 128 cm³/mol. The SMILES string of the molecule is Cc1nnn(C)c1-c1cnc2c3ccsc3n(C(c3ccccc3)C3CCOCC3)c2c1. The van der Waals surface area contributed by atoms with Gasteiger partial charge in [-0.2, -0.15) is 0 Å². The lowest BCUT2D eigenvalue weighted by Crippen LogP contribution is -2.26. The minimum Gasteiger partial charge on any atom is -0.381 e. The molecule has 0 bridgehead atoms. The highest BCUT2D eigenvalue weighted by molar-refractivity contribution is 7.17. The fraction of sp³-hybridized carbons (Fsp3) is 0.320. The van der Waals surface area contributed by atoms with E-state index in [0.29, 0.717) is 5.92 Å². The largest absolute Gasteiger partial charge is 0.381 e. The summed E-state index contributed by atoms with van der Waals surface area (Å²) in [7, 11) is 1.94. The van der Waals surface area contributed by atoms with E-state index in [0.717, 1.165) is 48.5 Å². The molecule has 5 aromatic rings. The normalized spacial score (nSPS) is 16.2. The van der Waals surface area contributed by atoms with Crippen LogP contribution in [0.1, 0.15) is 30.1 Å². The van der Waals surface area contributed by atoms with E-state index in [1.165, 1.54) is 21.3 Å². The van der Waals surface area contributed by atoms with Crippen molar-refractivity contribution in [3.05, 3.63) is 65.3 Å². The second-order valence-electron chi connectivity index (χ2n) is 8.55. The van der Waals surface area contributed by atoms with Gasteiger partial charge in [0.1, 0.15) is 4.83 Å². The van der Waals surface area contributed by atoms with E-state index in [9.17, 15) is 0 Å². The molecule has 0 radical (unpaired) electrons. The molecule has 0 spiro atoms. The van der Waals surface area contributed by atoms with Gasteiger partial charge in [0.2, 0.25) is 0 Å². The van der Waals surface area contributed by atoms with E-state index in [2.05, 4.69) is 62.7 Å². The fourth-order valence-electron chi connectivity index (χ4n) is 5.20. The Hall–Kier alpha value is -3.03. The molecule has 6 rings (SSSR count). The van der Waals surface area contributed by atoms with Gasteiger partial charge >= 0.3 is 0 Å². The third-order valence-corrected chi connectivity index (χ3v) is 7.56. The number of aromatic nitrogens is 5. The highest BCUT2D eigenvalue weighted by Crippen LogP contribution is 2.42. The molecule has 0 N–H and O–H groups in total. The maximum atomic E-state index is 5.72. The van der Waals surface area contributed by atoms with Crippen LogP contribution >= 0.6 is 11.3 Å². The van der Waals surface area contributed by atoms with Crippen molar-refractivity contribution >= 4 is 32.6 Å². The maximum absolute atomic E-state index is 5.72. The van der Waals surface area contributed by atoms with E-state index >= 15 is 0 Å². The molecule has 7 heteroatoms. The molecule has 5 heterocycles. The highest BCUT2D eigenvalue weighted by atomic mass is 32.1. The van der Waals surface area contributed by atoms with Gasteiger partial charge in [-0.25, -0.2) is 4.68 Å². The molecular formula is C25H25N5OS. The lowest BCUT2D eigenvalue weighted by atomic mass is 9.86. The van der Waals surface area contributed by atoms with Crippen molar-refractivity contribution in [3.8, 4) is 11.3 Å². The second kappa shape index (κ2) is 7.83. The van der Waals surface area contributed by atoms with Crippen molar-refractivity contribution in [1.29, 1.82) is 0 Å². The smallest absolute Gasteiger partial charge is 0.106 e. The second-order valence-corrected chi connectivity index (χ2v) is 9.45. The first kappa shape index (κ1) is 19.6. The van der Waals surface area contributed by atoms with Gasteiger partial charge in [0, 0.05) is 37.4 Å². The molecule has 1 aliphatic rings. The van der Waals surface area contributed by atoms with Gasteiger partial charge in [-0.3, -0.25) is 4.98 Å². The summed E-state index contributed by atoms with van der Waals surface area (Å²) >= 11 is 1.80. The Morgan fingerprint density at radius 1 is 1.12 bits per heavy atom. The zero-order chi connectivity index (χ0) is 21.7. The summed E-state index contributed by atoms with van der Waals surface area (Å²) in [5.41, 5.74) is 6.55. The summed E-state index contributed by atoms with van der Waals surface area (Å²) in [4.78, 5) is 6.24. The third-order valence-electron chi connectivity index (χ3n) is 6.65. The van der Waals surface area contributed by atoms with Crippen molar-refractivity contribution in [1.82, 2.24) is 24.5 Å². The van der Waals surface area contributed by atoms with Gasteiger partial charge < -0.3 is 9.30 Å². The molecule has 162 valence electrons. The van der Waals surface area contributed by atoms with Crippen molar-refractivity contribution in [2.75, 3.05) is 13.2 Å². The van der Waals surface area contributed by atoms with Crippen molar-refractivity contribution in [2.24, 2.45) is 13.0 Å². The van der Waals surface area contributed by atoms with Gasteiger partial charge in [0.05, 0.1) is 28.5 Å². The van der Waals surface area contributed by atoms with Crippen LogP contribution in [-0.4, -0.2) is 37.8 Å². The predicted octanol–water partition coefficient (Wildman–Crippen LogP) is 5.37. The average Bonchev–Trinajstić information content (AvgIpc) is 3.51. The lowest BCUT2D eigenvalue weighted by molar-refractivity contribution is 0.0553. The van der Waals surface area contributed by atoms with E-state index in [1.807, 2.05) is 24.9 Å². The van der Waals surface area contributed by atoms with Gasteiger partial charge in [-0.15, -0.1) is 16.4 Å². The Morgan fingerprint density at radius 3 is 2.69 bits per heavy atom. The van der Waals surface area contributed by atoms with Crippen LogP contribution in [0.3, 0.4) is 0 Å². The van der Waals surface area contributed by atoms with Crippen LogP contribution < -0.4 is 0 Å². The van der Waals surface area contributed by atoms with Crippen LogP contribution in [-0.2, 0) is 11.8 Å². The third kappa shape index (κ3) is 3.07. The fourth-order valence-corrected chi connectivity index (χ4v) is 6.15. The van der Waals surface area contributed by atoms with Crippen LogP contribution in [0, 0.1) is 12.8 Å². The topological polar surface area (TPSA) is 57.8 Å². The lowest BCUT2D eigenvalue weighted by Gasteiger charge is -2.32. The molecule has 0 saturated carbocycles. The molecule has 6 nitrogen and oxygen atoms in total. The zero-order valence-corrected chi connectivity index (χ0v) is 19.0. The van der Waals surface area contributed by atoms with Crippen LogP contribution in [0.25, 0.3) is 32.5 Å². The number of aryl methyl sites for hydroxylation is 2. The Labute approximate surface area is 190 Å². The summed E-state index contributed by atoms with van der Waals surface area (Å²) in [6.07, 6.45) is 4.08. The quantitative estimate of drug-likeness (QED) is 0.375. The van der Waals surface area contributed by atoms with Crippen LogP contribution in [0.2, 0.25) is 0 Å². The first-order chi connectivity index (χ1) is 15.7. The number of nitrogens with zero attached hydrogens (tertiary/aromatic N) is 5. The Bertz CT molecular complexity index is 1370. The maximum Gasteiger partial charge on any atom is 0.106 e. The van der Waals surface area contributed by atoms with Crippen LogP contribution in [0.4, 0.5) is 0 Å². The zero-order valence-electron chi connectivity index (χ0n) is 18.2. The molecule has 1 fully saturated rings. The minimum absolute atomic E-state index is 0.238. The number of rotatable bonds is 4. The summed E-state index contributed by atoms with van der Waals surface area (Å²) in [5.74, 6) is 0.510. The van der Waals surface area contributed by atoms with Crippen molar-refractivity contribution in [3.63, 3.8) is 0 Å². The monoisotopic (exact) mass is 443 g/mol. The molecule has 1 unspecified atom stereocenters. The summed E-state index contributed by atoms with van der Waals surface area (Å²) in [6, 6.07) is 15.6. The number of thiophene rings is 1. The standard InChI is InChI=1S/C25H25N5OS/c1-16-23(29(2)28-27-16)19-14-21-22(26-15-19)20-10-13-32-25(20)30(21)24(17-6-4-3-5-7-17)18-8-11-31-12-9-18/h3-7,10,13-15,18,24H,8-9,11-12H2,1-2H3. The number of hydrogen-bond acceptors (Lipinski definition) is 5. The molecule has 0 aliphatic carbocycles. The Kier molecular flexibility index (Phi) is 4.81. The molecule has 0 amide bonds. The van der Waals surface area contributed by atoms with Gasteiger partial charge in [-0.1, -0.05) is 35.5 Å². The summed E-state index contributed by atoms with van der Waals surface area (Å²) in [5, 5.41) is 11.9. The van der Waals surface area contributed by atoms with Crippen molar-refractivity contribution < 1.29 is 4.74 Å². The molecule has 1 atom stereocenters. The van der Waals surface area contributed by atoms with Crippen LogP contribution in [0.5, 0.6) is 0 Å². The number of ether oxygens (including phenoxy) is 1. The van der Waals surface area contributed by atoms with Crippen molar-refractivity contribution in [2.45, 2.75) is 25.8 Å². The molecule has 32 heavy (non-hydrogen) atoms. The van der Waals surface area contributed by atoms with Gasteiger partial charge in [0.25, 0.3) is 0 Å². The first-order valence-corrected chi connectivity index (χ1v) is 12.0. The van der Waals surface area contributed by atoms with E-state index in [4.69, 9.17) is 9.72 Å². The van der Waals surface area contributed by atoms with Gasteiger partial charge in [0.15, 0.2) is 0 Å². The number of fused-ring (bicyclic) bond motifs is 3. The molecular weight excluding hydrogens is 418 g/mol. The summed E-state index contributed by atoms with van der Waals surface area (Å²) in [6.45, 7) is 3.65. The molecule has 1 saturated heterocycles.